The molecule has 0 spiro atoms. The fraction of sp³-hybridized carbons (Fsp3) is 0.100. The predicted molar refractivity (Wildman–Crippen MR) is 101 cm³/mol. The molecule has 5 nitrogen and oxygen atoms in total. The lowest BCUT2D eigenvalue weighted by Gasteiger charge is -2.09. The number of aryl methyl sites for hydroxylation is 1. The first kappa shape index (κ1) is 16.5. The van der Waals surface area contributed by atoms with Crippen LogP contribution in [-0.2, 0) is 0 Å². The third-order valence-corrected chi connectivity index (χ3v) is 3.77. The van der Waals surface area contributed by atoms with E-state index in [-0.39, 0.29) is 20.2 Å². The normalized spacial score (nSPS) is 10.3. The summed E-state index contributed by atoms with van der Waals surface area (Å²) in [5.74, 6) is -0.343. The predicted octanol–water partition coefficient (Wildman–Crippen LogP) is 4.40. The van der Waals surface area contributed by atoms with E-state index in [4.69, 9.17) is 0 Å². The van der Waals surface area contributed by atoms with Crippen molar-refractivity contribution in [1.82, 2.24) is 9.97 Å². The Labute approximate surface area is 148 Å². The van der Waals surface area contributed by atoms with Crippen molar-refractivity contribution < 1.29 is 12.4 Å². The second-order valence-corrected chi connectivity index (χ2v) is 5.65. The molecular weight excluding hydrogens is 314 g/mol. The van der Waals surface area contributed by atoms with Crippen LogP contribution in [0.4, 0.5) is 5.69 Å². The number of rotatable bonds is 4. The van der Waals surface area contributed by atoms with Crippen molar-refractivity contribution in [2.45, 2.75) is 13.8 Å². The van der Waals surface area contributed by atoms with Crippen LogP contribution >= 0.6 is 0 Å². The van der Waals surface area contributed by atoms with E-state index in [1.165, 1.54) is 6.92 Å². The van der Waals surface area contributed by atoms with Gasteiger partial charge in [-0.05, 0) is 32.0 Å². The van der Waals surface area contributed by atoms with E-state index < -0.39 is 0 Å². The number of nitrogens with one attached hydrogen (secondary N) is 1. The zero-order valence-corrected chi connectivity index (χ0v) is 14.0. The number of nitrogens with zero attached hydrogens (tertiary/aromatic N) is 2. The van der Waals surface area contributed by atoms with Gasteiger partial charge in [0.25, 0.3) is 5.91 Å². The Bertz CT molecular complexity index is 947. The maximum atomic E-state index is 12.5. The molecular formula is C20H21N3O2. The number of carbonyl (C=O) groups is 2. The molecule has 0 atom stereocenters. The summed E-state index contributed by atoms with van der Waals surface area (Å²) in [6, 6.07) is 16.3. The van der Waals surface area contributed by atoms with Gasteiger partial charge in [0.2, 0.25) is 0 Å². The standard InChI is InChI=1S/C20H17N3O2.2H2/c1-13-19(20(25)22-17-9-4-3-5-10-17)23-18(12-21-13)16-8-6-7-15(11-16)14(2)24;;/h3-12H,1-2H3,(H,22,25);2*1H. The van der Waals surface area contributed by atoms with Crippen molar-refractivity contribution >= 4 is 17.4 Å². The summed E-state index contributed by atoms with van der Waals surface area (Å²) in [4.78, 5) is 32.8. The summed E-state index contributed by atoms with van der Waals surface area (Å²) >= 11 is 0. The number of amides is 1. The van der Waals surface area contributed by atoms with E-state index >= 15 is 0 Å². The monoisotopic (exact) mass is 335 g/mol. The number of ketones is 1. The van der Waals surface area contributed by atoms with E-state index in [1.807, 2.05) is 24.3 Å². The molecule has 0 aliphatic rings. The van der Waals surface area contributed by atoms with Gasteiger partial charge in [-0.3, -0.25) is 14.6 Å². The number of Topliss-reactive ketones (excluding diaryl/α,β-unsaturated/α-hetero) is 1. The molecule has 1 aromatic heterocycles. The van der Waals surface area contributed by atoms with Crippen LogP contribution in [0.1, 0.15) is 36.3 Å². The number of carbonyl (C=O) groups excluding carboxylic acids is 2. The van der Waals surface area contributed by atoms with Crippen molar-refractivity contribution in [2.24, 2.45) is 0 Å². The zero-order chi connectivity index (χ0) is 17.8. The number of aromatic nitrogens is 2. The first-order chi connectivity index (χ1) is 12.0. The van der Waals surface area contributed by atoms with Crippen LogP contribution in [0.3, 0.4) is 0 Å². The highest BCUT2D eigenvalue weighted by Gasteiger charge is 2.14. The van der Waals surface area contributed by atoms with Crippen molar-refractivity contribution in [3.63, 3.8) is 0 Å². The van der Waals surface area contributed by atoms with Crippen LogP contribution in [0.15, 0.2) is 60.8 Å². The molecule has 0 fully saturated rings. The number of anilines is 1. The number of hydrogen-bond donors (Lipinski definition) is 1. The van der Waals surface area contributed by atoms with Crippen LogP contribution in [-0.4, -0.2) is 21.7 Å². The Hall–Kier alpha value is -3.34. The van der Waals surface area contributed by atoms with Gasteiger partial charge in [-0.25, -0.2) is 4.98 Å². The first-order valence-electron chi connectivity index (χ1n) is 7.86. The van der Waals surface area contributed by atoms with Crippen molar-refractivity contribution in [2.75, 3.05) is 5.32 Å². The van der Waals surface area contributed by atoms with Gasteiger partial charge < -0.3 is 5.32 Å². The Morgan fingerprint density at radius 3 is 2.52 bits per heavy atom. The summed E-state index contributed by atoms with van der Waals surface area (Å²) in [5, 5.41) is 2.81. The lowest BCUT2D eigenvalue weighted by molar-refractivity contribution is 0.101. The average Bonchev–Trinajstić information content (AvgIpc) is 2.63. The maximum Gasteiger partial charge on any atom is 0.276 e. The number of para-hydroxylation sites is 1. The Kier molecular flexibility index (Phi) is 4.66. The summed E-state index contributed by atoms with van der Waals surface area (Å²) in [7, 11) is 0. The number of hydrogen-bond acceptors (Lipinski definition) is 4. The minimum atomic E-state index is -0.319. The lowest BCUT2D eigenvalue weighted by atomic mass is 10.1. The Balaban J connectivity index is 0.00000182. The van der Waals surface area contributed by atoms with Crippen LogP contribution < -0.4 is 5.32 Å². The first-order valence-corrected chi connectivity index (χ1v) is 7.86. The highest BCUT2D eigenvalue weighted by molar-refractivity contribution is 6.03. The summed E-state index contributed by atoms with van der Waals surface area (Å²) in [6.45, 7) is 3.25. The lowest BCUT2D eigenvalue weighted by Crippen LogP contribution is -2.16. The van der Waals surface area contributed by atoms with Crippen LogP contribution in [0, 0.1) is 6.92 Å². The third-order valence-electron chi connectivity index (χ3n) is 3.77. The molecule has 1 amide bonds. The van der Waals surface area contributed by atoms with Crippen LogP contribution in [0.25, 0.3) is 11.3 Å². The molecule has 0 unspecified atom stereocenters. The SMILES string of the molecule is CC(=O)c1cccc(-c2cnc(C)c(C(=O)Nc3ccccc3)n2)c1.[HH].[HH]. The zero-order valence-electron chi connectivity index (χ0n) is 14.0. The summed E-state index contributed by atoms with van der Waals surface area (Å²) in [5.41, 5.74) is 3.38. The highest BCUT2D eigenvalue weighted by Crippen LogP contribution is 2.20. The van der Waals surface area contributed by atoms with E-state index in [0.29, 0.717) is 22.6 Å². The molecule has 25 heavy (non-hydrogen) atoms. The fourth-order valence-electron chi connectivity index (χ4n) is 2.41. The number of benzene rings is 2. The van der Waals surface area contributed by atoms with Gasteiger partial charge in [0.1, 0.15) is 5.69 Å². The molecule has 128 valence electrons. The minimum Gasteiger partial charge on any atom is -0.321 e. The fourth-order valence-corrected chi connectivity index (χ4v) is 2.41. The quantitative estimate of drug-likeness (QED) is 0.717. The topological polar surface area (TPSA) is 72.0 Å². The molecule has 1 heterocycles. The second-order valence-electron chi connectivity index (χ2n) is 5.65. The van der Waals surface area contributed by atoms with E-state index in [9.17, 15) is 9.59 Å². The van der Waals surface area contributed by atoms with Gasteiger partial charge in [0.15, 0.2) is 5.78 Å². The van der Waals surface area contributed by atoms with E-state index in [0.717, 1.165) is 5.56 Å². The molecule has 5 heteroatoms. The smallest absolute Gasteiger partial charge is 0.276 e. The van der Waals surface area contributed by atoms with Crippen LogP contribution in [0.2, 0.25) is 0 Å². The van der Waals surface area contributed by atoms with Gasteiger partial charge in [0, 0.05) is 19.7 Å². The molecule has 3 aromatic rings. The van der Waals surface area contributed by atoms with Gasteiger partial charge in [-0.15, -0.1) is 0 Å². The highest BCUT2D eigenvalue weighted by atomic mass is 16.2. The third kappa shape index (κ3) is 3.77. The minimum absolute atomic E-state index is 0. The molecule has 0 saturated carbocycles. The summed E-state index contributed by atoms with van der Waals surface area (Å²) < 4.78 is 0. The van der Waals surface area contributed by atoms with Crippen molar-refractivity contribution in [1.29, 1.82) is 0 Å². The van der Waals surface area contributed by atoms with Gasteiger partial charge in [-0.1, -0.05) is 36.4 Å². The average molecular weight is 335 g/mol. The molecule has 3 rings (SSSR count). The molecule has 0 bridgehead atoms. The van der Waals surface area contributed by atoms with E-state index in [2.05, 4.69) is 15.3 Å². The van der Waals surface area contributed by atoms with Gasteiger partial charge >= 0.3 is 0 Å². The largest absolute Gasteiger partial charge is 0.321 e. The second kappa shape index (κ2) is 7.05. The Morgan fingerprint density at radius 2 is 1.80 bits per heavy atom. The van der Waals surface area contributed by atoms with Crippen molar-refractivity contribution in [3.05, 3.63) is 77.7 Å². The van der Waals surface area contributed by atoms with Crippen LogP contribution in [0.5, 0.6) is 0 Å². The Morgan fingerprint density at radius 1 is 1.04 bits per heavy atom. The maximum absolute atomic E-state index is 12.5. The molecule has 1 N–H and O–H groups in total. The van der Waals surface area contributed by atoms with Gasteiger partial charge in [0.05, 0.1) is 17.6 Å². The molecule has 0 radical (unpaired) electrons. The van der Waals surface area contributed by atoms with E-state index in [1.54, 1.807) is 43.5 Å². The molecule has 2 aromatic carbocycles. The summed E-state index contributed by atoms with van der Waals surface area (Å²) in [6.07, 6.45) is 1.61. The molecule has 0 saturated heterocycles. The van der Waals surface area contributed by atoms with Crippen molar-refractivity contribution in [3.8, 4) is 11.3 Å². The van der Waals surface area contributed by atoms with Gasteiger partial charge in [-0.2, -0.15) is 0 Å². The molecule has 0 aliphatic carbocycles. The molecule has 0 aliphatic heterocycles.